The van der Waals surface area contributed by atoms with Gasteiger partial charge in [0.2, 0.25) is 5.75 Å². The van der Waals surface area contributed by atoms with Crippen LogP contribution >= 0.6 is 0 Å². The number of carbonyl (C=O) groups excluding carboxylic acids is 1. The maximum absolute atomic E-state index is 14.4. The normalized spacial score (nSPS) is 16.4. The highest BCUT2D eigenvalue weighted by molar-refractivity contribution is 8.03. The summed E-state index contributed by atoms with van der Waals surface area (Å²) in [5.74, 6) is -55.0. The molecule has 0 aromatic rings. The molecule has 0 fully saturated rings. The Morgan fingerprint density at radius 3 is 1.35 bits per heavy atom. The van der Waals surface area contributed by atoms with Crippen LogP contribution in [0.4, 0.5) is 74.6 Å². The van der Waals surface area contributed by atoms with Crippen LogP contribution in [0.3, 0.4) is 0 Å². The van der Waals surface area contributed by atoms with Gasteiger partial charge in [-0.15, -0.1) is 0 Å². The van der Waals surface area contributed by atoms with Crippen LogP contribution in [0.2, 0.25) is 0 Å². The third kappa shape index (κ3) is 7.59. The first kappa shape index (κ1) is 41.7. The van der Waals surface area contributed by atoms with E-state index in [0.717, 1.165) is 0 Å². The molecule has 0 saturated carbocycles. The van der Waals surface area contributed by atoms with Crippen molar-refractivity contribution in [3.05, 3.63) is 0 Å². The summed E-state index contributed by atoms with van der Waals surface area (Å²) in [7, 11) is -7.73. The van der Waals surface area contributed by atoms with Crippen molar-refractivity contribution in [2.75, 3.05) is 11.5 Å². The monoisotopic (exact) mass is 715 g/mol. The molecule has 258 valence electrons. The highest BCUT2D eigenvalue weighted by Crippen LogP contribution is 2.64. The Labute approximate surface area is 236 Å². The standard InChI is InChI=1S/C20H24F17O4S2/c1-5-6-7-8-11(38)9-42(10-12(2,3)4)41-43(39,40)20(36,37)18(31,32)16(27,28)14(23,24)13(21,22)15(25,26)17(29,30)19(33,34)35/h5-10H2,1-4H3/q+1. The molecule has 0 spiro atoms. The molecule has 1 unspecified atom stereocenters. The van der Waals surface area contributed by atoms with Gasteiger partial charge in [0.05, 0.1) is 0 Å². The third-order valence-electron chi connectivity index (χ3n) is 5.17. The lowest BCUT2D eigenvalue weighted by Gasteiger charge is -2.42. The Kier molecular flexibility index (Phi) is 12.1. The summed E-state index contributed by atoms with van der Waals surface area (Å²) in [5.41, 5.74) is -1.21. The van der Waals surface area contributed by atoms with Gasteiger partial charge >= 0.3 is 57.1 Å². The van der Waals surface area contributed by atoms with Gasteiger partial charge < -0.3 is 0 Å². The highest BCUT2D eigenvalue weighted by Gasteiger charge is 2.96. The molecule has 0 aliphatic carbocycles. The fraction of sp³-hybridized carbons (Fsp3) is 0.950. The van der Waals surface area contributed by atoms with Gasteiger partial charge in [0.1, 0.15) is 5.75 Å². The van der Waals surface area contributed by atoms with Crippen LogP contribution in [0.15, 0.2) is 0 Å². The Morgan fingerprint density at radius 1 is 0.628 bits per heavy atom. The van der Waals surface area contributed by atoms with Crippen LogP contribution in [0.1, 0.15) is 53.4 Å². The summed E-state index contributed by atoms with van der Waals surface area (Å²) in [4.78, 5) is 12.1. The summed E-state index contributed by atoms with van der Waals surface area (Å²) >= 11 is -2.76. The fourth-order valence-corrected chi connectivity index (χ4v) is 6.64. The maximum atomic E-state index is 14.4. The number of Topliss-reactive ketones (excluding diaryl/α,β-unsaturated/α-hetero) is 1. The smallest absolute Gasteiger partial charge is 0.294 e. The van der Waals surface area contributed by atoms with Crippen molar-refractivity contribution in [3.63, 3.8) is 0 Å². The van der Waals surface area contributed by atoms with Gasteiger partial charge in [-0.2, -0.15) is 83.1 Å². The molecule has 43 heavy (non-hydrogen) atoms. The second kappa shape index (κ2) is 12.5. The number of rotatable bonds is 16. The van der Waals surface area contributed by atoms with E-state index in [9.17, 15) is 87.8 Å². The minimum absolute atomic E-state index is 0.135. The highest BCUT2D eigenvalue weighted by atomic mass is 32.3. The van der Waals surface area contributed by atoms with Gasteiger partial charge in [-0.25, -0.2) is 0 Å². The van der Waals surface area contributed by atoms with E-state index < -0.39 is 91.0 Å². The molecule has 0 rings (SSSR count). The first-order chi connectivity index (χ1) is 18.5. The lowest BCUT2D eigenvalue weighted by molar-refractivity contribution is -0.458. The predicted octanol–water partition coefficient (Wildman–Crippen LogP) is 8.03. The van der Waals surface area contributed by atoms with Crippen LogP contribution in [0.25, 0.3) is 0 Å². The second-order valence-electron chi connectivity index (χ2n) is 10.3. The van der Waals surface area contributed by atoms with Gasteiger partial charge in [0.15, 0.2) is 17.0 Å². The average molecular weight is 716 g/mol. The molecular weight excluding hydrogens is 691 g/mol. The van der Waals surface area contributed by atoms with E-state index in [-0.39, 0.29) is 12.8 Å². The molecule has 0 saturated heterocycles. The molecule has 0 amide bonds. The van der Waals surface area contributed by atoms with Crippen molar-refractivity contribution in [1.82, 2.24) is 0 Å². The molecule has 0 aromatic heterocycles. The molecule has 0 aliphatic heterocycles. The number of alkyl halides is 17. The third-order valence-corrected chi connectivity index (χ3v) is 9.37. The quantitative estimate of drug-likeness (QED) is 0.0923. The van der Waals surface area contributed by atoms with E-state index >= 15 is 0 Å². The number of hydrogen-bond donors (Lipinski definition) is 0. The second-order valence-corrected chi connectivity index (χ2v) is 13.7. The molecule has 23 heteroatoms. The van der Waals surface area contributed by atoms with Crippen molar-refractivity contribution in [1.29, 1.82) is 0 Å². The van der Waals surface area contributed by atoms with Crippen LogP contribution in [0.5, 0.6) is 0 Å². The molecule has 0 heterocycles. The topological polar surface area (TPSA) is 60.4 Å². The van der Waals surface area contributed by atoms with Crippen molar-refractivity contribution in [3.8, 4) is 0 Å². The molecule has 0 bridgehead atoms. The zero-order valence-electron chi connectivity index (χ0n) is 22.1. The van der Waals surface area contributed by atoms with Crippen molar-refractivity contribution < 1.29 is 91.5 Å². The van der Waals surface area contributed by atoms with E-state index in [2.05, 4.69) is 3.63 Å². The molecule has 0 radical (unpaired) electrons. The maximum Gasteiger partial charge on any atom is 0.460 e. The summed E-state index contributed by atoms with van der Waals surface area (Å²) in [6.45, 7) is 5.35. The lowest BCUT2D eigenvalue weighted by Crippen LogP contribution is -2.75. The van der Waals surface area contributed by atoms with Crippen LogP contribution in [0, 0.1) is 5.41 Å². The summed E-state index contributed by atoms with van der Waals surface area (Å²) < 4.78 is 257. The molecule has 4 nitrogen and oxygen atoms in total. The van der Waals surface area contributed by atoms with Crippen LogP contribution in [-0.2, 0) is 29.7 Å². The molecule has 1 atom stereocenters. The van der Waals surface area contributed by atoms with Crippen LogP contribution in [-0.4, -0.2) is 72.7 Å². The number of hydrogen-bond acceptors (Lipinski definition) is 4. The van der Waals surface area contributed by atoms with Crippen molar-refractivity contribution in [2.45, 2.75) is 100 Å². The molecule has 0 N–H and O–H groups in total. The summed E-state index contributed by atoms with van der Waals surface area (Å²) in [6.07, 6.45) is -7.20. The van der Waals surface area contributed by atoms with E-state index in [1.807, 2.05) is 0 Å². The first-order valence-corrected chi connectivity index (χ1v) is 14.3. The van der Waals surface area contributed by atoms with Gasteiger partial charge in [-0.05, 0) is 10.1 Å². The summed E-state index contributed by atoms with van der Waals surface area (Å²) in [6, 6.07) is 0. The van der Waals surface area contributed by atoms with Gasteiger partial charge in [0.25, 0.3) is 0 Å². The Hall–Kier alpha value is -1.26. The fourth-order valence-electron chi connectivity index (χ4n) is 2.88. The molecular formula is C20H24F17O4S2+. The molecule has 0 aliphatic rings. The largest absolute Gasteiger partial charge is 0.460 e. The minimum atomic E-state index is -8.93. The zero-order valence-corrected chi connectivity index (χ0v) is 23.8. The predicted molar refractivity (Wildman–Crippen MR) is 116 cm³/mol. The van der Waals surface area contributed by atoms with Crippen molar-refractivity contribution in [2.24, 2.45) is 5.41 Å². The number of halogens is 17. The Bertz CT molecular complexity index is 1080. The van der Waals surface area contributed by atoms with Crippen LogP contribution < -0.4 is 0 Å². The first-order valence-electron chi connectivity index (χ1n) is 11.4. The zero-order chi connectivity index (χ0) is 35.1. The van der Waals surface area contributed by atoms with Gasteiger partial charge in [0, 0.05) is 11.8 Å². The van der Waals surface area contributed by atoms with E-state index in [4.69, 9.17) is 0 Å². The SMILES string of the molecule is CCCCCC(=O)C[S+](CC(C)(C)C)OS(=O)(=O)C(F)(F)C(F)(F)C(F)(F)C(F)(F)C(F)(F)C(F)(F)C(F)(F)C(F)(F)F. The summed E-state index contributed by atoms with van der Waals surface area (Å²) in [5, 5.41) is -7.78. The van der Waals surface area contributed by atoms with Crippen molar-refractivity contribution >= 4 is 27.1 Å². The Morgan fingerprint density at radius 2 is 1.00 bits per heavy atom. The van der Waals surface area contributed by atoms with E-state index in [0.29, 0.717) is 12.8 Å². The minimum Gasteiger partial charge on any atom is -0.294 e. The Balaban J connectivity index is 6.81. The lowest BCUT2D eigenvalue weighted by atomic mass is 9.91. The van der Waals surface area contributed by atoms with Gasteiger partial charge in [-0.3, -0.25) is 4.79 Å². The van der Waals surface area contributed by atoms with E-state index in [1.54, 1.807) is 6.92 Å². The molecule has 0 aromatic carbocycles. The number of carbonyl (C=O) groups is 1. The van der Waals surface area contributed by atoms with E-state index in [1.165, 1.54) is 20.8 Å². The number of unbranched alkanes of at least 4 members (excludes halogenated alkanes) is 2. The van der Waals surface area contributed by atoms with Gasteiger partial charge in [-0.1, -0.05) is 40.5 Å². The number of ketones is 1. The average Bonchev–Trinajstić information content (AvgIpc) is 2.75.